The minimum atomic E-state index is -0.888. The van der Waals surface area contributed by atoms with Gasteiger partial charge in [-0.25, -0.2) is 4.79 Å². The van der Waals surface area contributed by atoms with Gasteiger partial charge in [0.2, 0.25) is 0 Å². The maximum Gasteiger partial charge on any atom is 0.335 e. The average molecular weight is 340 g/mol. The van der Waals surface area contributed by atoms with Crippen LogP contribution in [0.1, 0.15) is 39.2 Å². The number of carboxylic acids is 1. The lowest BCUT2D eigenvalue weighted by atomic mass is 9.98. The average Bonchev–Trinajstić information content (AvgIpc) is 3.03. The van der Waals surface area contributed by atoms with Crippen LogP contribution in [0.4, 0.5) is 0 Å². The monoisotopic (exact) mass is 340 g/mol. The Morgan fingerprint density at radius 2 is 2.00 bits per heavy atom. The lowest BCUT2D eigenvalue weighted by molar-refractivity contribution is 0.0697. The quantitative estimate of drug-likeness (QED) is 0.878. The van der Waals surface area contributed by atoms with Gasteiger partial charge >= 0.3 is 5.97 Å². The van der Waals surface area contributed by atoms with E-state index in [-0.39, 0.29) is 5.43 Å². The number of hydrogen-bond donors (Lipinski definition) is 2. The fourth-order valence-corrected chi connectivity index (χ4v) is 3.53. The Bertz CT molecular complexity index is 824. The second kappa shape index (κ2) is 7.23. The van der Waals surface area contributed by atoms with Crippen LogP contribution in [0.3, 0.4) is 0 Å². The molecule has 25 heavy (non-hydrogen) atoms. The van der Waals surface area contributed by atoms with E-state index in [0.29, 0.717) is 11.5 Å². The van der Waals surface area contributed by atoms with E-state index in [1.165, 1.54) is 5.56 Å². The Morgan fingerprint density at radius 1 is 1.28 bits per heavy atom. The van der Waals surface area contributed by atoms with Gasteiger partial charge in [0.15, 0.2) is 5.43 Å². The number of hydrogen-bond acceptors (Lipinski definition) is 3. The summed E-state index contributed by atoms with van der Waals surface area (Å²) in [5.74, 6) is -0.325. The molecule has 1 atom stereocenters. The highest BCUT2D eigenvalue weighted by Gasteiger charge is 2.23. The summed E-state index contributed by atoms with van der Waals surface area (Å²) in [7, 11) is 0. The lowest BCUT2D eigenvalue weighted by Crippen LogP contribution is -2.24. The second-order valence-corrected chi connectivity index (χ2v) is 7.00. The molecule has 2 heterocycles. The molecule has 132 valence electrons. The Hall–Kier alpha value is -2.40. The van der Waals surface area contributed by atoms with Gasteiger partial charge in [0, 0.05) is 36.1 Å². The molecule has 0 aliphatic carbocycles. The number of aromatic carboxylic acids is 1. The fraction of sp³-hybridized carbons (Fsp3) is 0.400. The van der Waals surface area contributed by atoms with E-state index in [2.05, 4.69) is 9.88 Å². The van der Waals surface area contributed by atoms with Crippen molar-refractivity contribution in [3.05, 3.63) is 68.6 Å². The zero-order valence-electron chi connectivity index (χ0n) is 14.7. The van der Waals surface area contributed by atoms with Crippen molar-refractivity contribution in [1.82, 2.24) is 9.88 Å². The molecule has 0 spiro atoms. The largest absolute Gasteiger partial charge is 0.478 e. The summed E-state index contributed by atoms with van der Waals surface area (Å²) < 4.78 is 0. The summed E-state index contributed by atoms with van der Waals surface area (Å²) in [4.78, 5) is 28.6. The van der Waals surface area contributed by atoms with Gasteiger partial charge in [-0.05, 0) is 56.8 Å². The topological polar surface area (TPSA) is 73.4 Å². The molecule has 1 fully saturated rings. The first kappa shape index (κ1) is 17.4. The number of aryl methyl sites for hydroxylation is 1. The number of aromatic amines is 1. The van der Waals surface area contributed by atoms with Gasteiger partial charge in [0.05, 0.1) is 5.56 Å². The van der Waals surface area contributed by atoms with E-state index in [4.69, 9.17) is 5.11 Å². The third-order valence-corrected chi connectivity index (χ3v) is 5.09. The normalized spacial score (nSPS) is 17.8. The molecule has 1 saturated heterocycles. The summed E-state index contributed by atoms with van der Waals surface area (Å²) in [5.41, 5.74) is 4.20. The Kier molecular flexibility index (Phi) is 5.04. The Balaban J connectivity index is 1.59. The van der Waals surface area contributed by atoms with Gasteiger partial charge in [0.1, 0.15) is 0 Å². The van der Waals surface area contributed by atoms with Crippen molar-refractivity contribution in [3.63, 3.8) is 0 Å². The van der Waals surface area contributed by atoms with Crippen molar-refractivity contribution < 1.29 is 9.90 Å². The van der Waals surface area contributed by atoms with Gasteiger partial charge < -0.3 is 10.1 Å². The third-order valence-electron chi connectivity index (χ3n) is 5.09. The highest BCUT2D eigenvalue weighted by molar-refractivity contribution is 5.87. The van der Waals surface area contributed by atoms with E-state index in [9.17, 15) is 9.59 Å². The van der Waals surface area contributed by atoms with Crippen LogP contribution >= 0.6 is 0 Å². The van der Waals surface area contributed by atoms with Gasteiger partial charge in [-0.1, -0.05) is 12.1 Å². The number of nitrogens with zero attached hydrogens (tertiary/aromatic N) is 1. The molecular weight excluding hydrogens is 316 g/mol. The molecule has 0 unspecified atom stereocenters. The van der Waals surface area contributed by atoms with Crippen molar-refractivity contribution in [2.24, 2.45) is 5.92 Å². The third kappa shape index (κ3) is 3.99. The number of benzene rings is 1. The standard InChI is InChI=1S/C20H24N2O3/c1-13-10-21-18(14(2)19(13)23)12-22-8-7-16(11-22)9-15-3-5-17(6-4-15)20(24)25/h3-6,10,16H,7-9,11-12H2,1-2H3,(H,21,23)(H,24,25)/t16-/m1/s1. The number of likely N-dealkylation sites (tertiary alicyclic amines) is 1. The van der Waals surface area contributed by atoms with E-state index in [0.717, 1.165) is 49.3 Å². The summed E-state index contributed by atoms with van der Waals surface area (Å²) in [6, 6.07) is 7.16. The first-order chi connectivity index (χ1) is 11.9. The molecule has 5 heteroatoms. The summed E-state index contributed by atoms with van der Waals surface area (Å²) in [6.45, 7) is 6.51. The maximum absolute atomic E-state index is 12.1. The first-order valence-corrected chi connectivity index (χ1v) is 8.66. The maximum atomic E-state index is 12.1. The highest BCUT2D eigenvalue weighted by atomic mass is 16.4. The molecule has 3 rings (SSSR count). The molecule has 0 amide bonds. The second-order valence-electron chi connectivity index (χ2n) is 7.00. The van der Waals surface area contributed by atoms with Crippen LogP contribution in [-0.2, 0) is 13.0 Å². The van der Waals surface area contributed by atoms with Gasteiger partial charge in [-0.15, -0.1) is 0 Å². The number of pyridine rings is 1. The van der Waals surface area contributed by atoms with Crippen LogP contribution in [0.25, 0.3) is 0 Å². The van der Waals surface area contributed by atoms with Crippen LogP contribution in [0.5, 0.6) is 0 Å². The van der Waals surface area contributed by atoms with Crippen LogP contribution < -0.4 is 5.43 Å². The fourth-order valence-electron chi connectivity index (χ4n) is 3.53. The van der Waals surface area contributed by atoms with E-state index >= 15 is 0 Å². The van der Waals surface area contributed by atoms with E-state index in [1.807, 2.05) is 26.0 Å². The molecule has 0 radical (unpaired) electrons. The SMILES string of the molecule is Cc1c[nH]c(CN2CC[C@H](Cc3ccc(C(=O)O)cc3)C2)c(C)c1=O. The molecular formula is C20H24N2O3. The molecule has 2 N–H and O–H groups in total. The van der Waals surface area contributed by atoms with Crippen molar-refractivity contribution in [2.45, 2.75) is 33.2 Å². The predicted octanol–water partition coefficient (Wildman–Crippen LogP) is 2.75. The molecule has 5 nitrogen and oxygen atoms in total. The van der Waals surface area contributed by atoms with Gasteiger partial charge in [0.25, 0.3) is 0 Å². The Morgan fingerprint density at radius 3 is 2.68 bits per heavy atom. The molecule has 1 aromatic heterocycles. The summed E-state index contributed by atoms with van der Waals surface area (Å²) in [5, 5.41) is 8.96. The molecule has 0 bridgehead atoms. The lowest BCUT2D eigenvalue weighted by Gasteiger charge is -2.17. The first-order valence-electron chi connectivity index (χ1n) is 8.66. The van der Waals surface area contributed by atoms with E-state index < -0.39 is 5.97 Å². The number of H-pyrrole nitrogens is 1. The zero-order chi connectivity index (χ0) is 18.0. The minimum Gasteiger partial charge on any atom is -0.478 e. The molecule has 1 aliphatic rings. The highest BCUT2D eigenvalue weighted by Crippen LogP contribution is 2.22. The van der Waals surface area contributed by atoms with Crippen molar-refractivity contribution in [2.75, 3.05) is 13.1 Å². The minimum absolute atomic E-state index is 0.128. The summed E-state index contributed by atoms with van der Waals surface area (Å²) >= 11 is 0. The molecule has 1 aromatic carbocycles. The number of nitrogens with one attached hydrogen (secondary N) is 1. The Labute approximate surface area is 147 Å². The number of carbonyl (C=O) groups is 1. The predicted molar refractivity (Wildman–Crippen MR) is 97.0 cm³/mol. The smallest absolute Gasteiger partial charge is 0.335 e. The number of carboxylic acid groups (broad SMARTS) is 1. The van der Waals surface area contributed by atoms with Crippen LogP contribution in [0, 0.1) is 19.8 Å². The zero-order valence-corrected chi connectivity index (χ0v) is 14.7. The molecule has 0 saturated carbocycles. The summed E-state index contributed by atoms with van der Waals surface area (Å²) in [6.07, 6.45) is 3.87. The van der Waals surface area contributed by atoms with Gasteiger partial charge in [-0.3, -0.25) is 9.69 Å². The van der Waals surface area contributed by atoms with Crippen molar-refractivity contribution in [3.8, 4) is 0 Å². The molecule has 2 aromatic rings. The van der Waals surface area contributed by atoms with Gasteiger partial charge in [-0.2, -0.15) is 0 Å². The van der Waals surface area contributed by atoms with Crippen LogP contribution in [0.2, 0.25) is 0 Å². The van der Waals surface area contributed by atoms with Crippen molar-refractivity contribution in [1.29, 1.82) is 0 Å². The van der Waals surface area contributed by atoms with Crippen molar-refractivity contribution >= 4 is 5.97 Å². The number of rotatable bonds is 5. The van der Waals surface area contributed by atoms with Crippen LogP contribution in [0.15, 0.2) is 35.3 Å². The van der Waals surface area contributed by atoms with Crippen LogP contribution in [-0.4, -0.2) is 34.0 Å². The number of aromatic nitrogens is 1. The van der Waals surface area contributed by atoms with E-state index in [1.54, 1.807) is 18.3 Å². The molecule has 1 aliphatic heterocycles.